The number of halogens is 2. The molecule has 1 saturated carbocycles. The van der Waals surface area contributed by atoms with Crippen molar-refractivity contribution in [1.29, 1.82) is 0 Å². The molecule has 0 bridgehead atoms. The van der Waals surface area contributed by atoms with Gasteiger partial charge in [0, 0.05) is 36.3 Å². The second-order valence-corrected chi connectivity index (χ2v) is 7.12. The standard InChI is InChI=1S/C21H27FN4O.HI/c1-14-11-24-18(15(2)19(14)27-4)12-25-20(23-3)26-13-21(8-9-21)16-6-5-7-17(22)10-16;/h5-7,10-11H,8-9,12-13H2,1-4H3,(H2,23,25,26);1H. The summed E-state index contributed by atoms with van der Waals surface area (Å²) < 4.78 is 19.0. The number of rotatable bonds is 6. The minimum Gasteiger partial charge on any atom is -0.496 e. The van der Waals surface area contributed by atoms with E-state index in [2.05, 4.69) is 20.6 Å². The molecule has 152 valence electrons. The minimum absolute atomic E-state index is 0. The Balaban J connectivity index is 0.00000280. The van der Waals surface area contributed by atoms with Gasteiger partial charge in [-0.3, -0.25) is 9.98 Å². The van der Waals surface area contributed by atoms with E-state index in [0.29, 0.717) is 12.5 Å². The number of guanidine groups is 1. The Labute approximate surface area is 183 Å². The molecule has 0 amide bonds. The van der Waals surface area contributed by atoms with E-state index in [9.17, 15) is 4.39 Å². The van der Waals surface area contributed by atoms with Crippen LogP contribution in [0.15, 0.2) is 35.5 Å². The van der Waals surface area contributed by atoms with Gasteiger partial charge in [0.25, 0.3) is 0 Å². The molecule has 2 N–H and O–H groups in total. The van der Waals surface area contributed by atoms with Crippen LogP contribution in [0.5, 0.6) is 5.75 Å². The van der Waals surface area contributed by atoms with Crippen molar-refractivity contribution < 1.29 is 9.13 Å². The first-order chi connectivity index (χ1) is 13.0. The first-order valence-electron chi connectivity index (χ1n) is 9.19. The van der Waals surface area contributed by atoms with Crippen molar-refractivity contribution in [3.05, 3.63) is 58.7 Å². The summed E-state index contributed by atoms with van der Waals surface area (Å²) in [4.78, 5) is 8.80. The number of pyridine rings is 1. The number of aryl methyl sites for hydroxylation is 1. The number of benzene rings is 1. The van der Waals surface area contributed by atoms with Crippen molar-refractivity contribution >= 4 is 29.9 Å². The van der Waals surface area contributed by atoms with Crippen LogP contribution in [-0.2, 0) is 12.0 Å². The predicted molar refractivity (Wildman–Crippen MR) is 121 cm³/mol. The van der Waals surface area contributed by atoms with Gasteiger partial charge in [0.15, 0.2) is 5.96 Å². The van der Waals surface area contributed by atoms with E-state index < -0.39 is 0 Å². The lowest BCUT2D eigenvalue weighted by Crippen LogP contribution is -2.41. The smallest absolute Gasteiger partial charge is 0.191 e. The Morgan fingerprint density at radius 1 is 1.29 bits per heavy atom. The molecule has 28 heavy (non-hydrogen) atoms. The molecule has 1 aromatic heterocycles. The van der Waals surface area contributed by atoms with Crippen LogP contribution < -0.4 is 15.4 Å². The van der Waals surface area contributed by atoms with E-state index in [1.807, 2.05) is 26.1 Å². The topological polar surface area (TPSA) is 58.5 Å². The van der Waals surface area contributed by atoms with Crippen molar-refractivity contribution in [2.45, 2.75) is 38.6 Å². The third kappa shape index (κ3) is 4.92. The van der Waals surface area contributed by atoms with Crippen LogP contribution in [0.3, 0.4) is 0 Å². The molecular weight excluding hydrogens is 470 g/mol. The molecule has 7 heteroatoms. The first-order valence-corrected chi connectivity index (χ1v) is 9.19. The average molecular weight is 498 g/mol. The van der Waals surface area contributed by atoms with Crippen LogP contribution in [-0.4, -0.2) is 31.6 Å². The molecule has 3 rings (SSSR count). The maximum absolute atomic E-state index is 13.6. The summed E-state index contributed by atoms with van der Waals surface area (Å²) in [6.07, 6.45) is 3.93. The normalized spacial score (nSPS) is 14.8. The average Bonchev–Trinajstić information content (AvgIpc) is 3.45. The summed E-state index contributed by atoms with van der Waals surface area (Å²) in [7, 11) is 3.42. The summed E-state index contributed by atoms with van der Waals surface area (Å²) in [6.45, 7) is 5.27. The van der Waals surface area contributed by atoms with Gasteiger partial charge in [0.1, 0.15) is 11.6 Å². The number of nitrogens with zero attached hydrogens (tertiary/aromatic N) is 2. The lowest BCUT2D eigenvalue weighted by atomic mass is 9.96. The number of methoxy groups -OCH3 is 1. The largest absolute Gasteiger partial charge is 0.496 e. The number of nitrogens with one attached hydrogen (secondary N) is 2. The summed E-state index contributed by atoms with van der Waals surface area (Å²) in [5, 5.41) is 6.68. The second kappa shape index (κ2) is 9.54. The molecule has 1 aromatic carbocycles. The quantitative estimate of drug-likeness (QED) is 0.361. The van der Waals surface area contributed by atoms with Gasteiger partial charge in [-0.15, -0.1) is 24.0 Å². The van der Waals surface area contributed by atoms with Gasteiger partial charge in [-0.25, -0.2) is 4.39 Å². The molecular formula is C21H28FIN4O. The fraction of sp³-hybridized carbons (Fsp3) is 0.429. The fourth-order valence-electron chi connectivity index (χ4n) is 3.43. The zero-order valence-electron chi connectivity index (χ0n) is 16.8. The van der Waals surface area contributed by atoms with E-state index in [1.165, 1.54) is 6.07 Å². The maximum atomic E-state index is 13.6. The van der Waals surface area contributed by atoms with Crippen molar-refractivity contribution in [2.75, 3.05) is 20.7 Å². The van der Waals surface area contributed by atoms with E-state index >= 15 is 0 Å². The Hall–Kier alpha value is -1.90. The van der Waals surface area contributed by atoms with Gasteiger partial charge in [-0.1, -0.05) is 12.1 Å². The van der Waals surface area contributed by atoms with Crippen molar-refractivity contribution in [3.63, 3.8) is 0 Å². The molecule has 2 aromatic rings. The second-order valence-electron chi connectivity index (χ2n) is 7.12. The van der Waals surface area contributed by atoms with Crippen molar-refractivity contribution in [1.82, 2.24) is 15.6 Å². The highest BCUT2D eigenvalue weighted by Gasteiger charge is 2.44. The summed E-state index contributed by atoms with van der Waals surface area (Å²) >= 11 is 0. The zero-order chi connectivity index (χ0) is 19.4. The minimum atomic E-state index is -0.184. The number of ether oxygens (including phenoxy) is 1. The molecule has 0 radical (unpaired) electrons. The first kappa shape index (κ1) is 22.4. The molecule has 0 aliphatic heterocycles. The number of aliphatic imine (C=N–C) groups is 1. The van der Waals surface area contributed by atoms with Crippen LogP contribution in [0.25, 0.3) is 0 Å². The molecule has 1 fully saturated rings. The summed E-state index contributed by atoms with van der Waals surface area (Å²) in [6, 6.07) is 6.90. The van der Waals surface area contributed by atoms with E-state index in [4.69, 9.17) is 4.74 Å². The molecule has 1 aliphatic carbocycles. The van der Waals surface area contributed by atoms with Crippen LogP contribution in [0.2, 0.25) is 0 Å². The Kier molecular flexibility index (Phi) is 7.63. The summed E-state index contributed by atoms with van der Waals surface area (Å²) in [5.74, 6) is 1.39. The van der Waals surface area contributed by atoms with Crippen LogP contribution >= 0.6 is 24.0 Å². The molecule has 0 saturated heterocycles. The Morgan fingerprint density at radius 3 is 2.64 bits per heavy atom. The number of aromatic nitrogens is 1. The molecule has 1 heterocycles. The molecule has 1 aliphatic rings. The Morgan fingerprint density at radius 2 is 2.04 bits per heavy atom. The van der Waals surface area contributed by atoms with E-state index in [1.54, 1.807) is 26.3 Å². The van der Waals surface area contributed by atoms with Gasteiger partial charge in [-0.05, 0) is 44.4 Å². The number of hydrogen-bond donors (Lipinski definition) is 2. The third-order valence-electron chi connectivity index (χ3n) is 5.28. The highest BCUT2D eigenvalue weighted by Crippen LogP contribution is 2.47. The van der Waals surface area contributed by atoms with Gasteiger partial charge in [-0.2, -0.15) is 0 Å². The van der Waals surface area contributed by atoms with Gasteiger partial charge in [0.2, 0.25) is 0 Å². The highest BCUT2D eigenvalue weighted by atomic mass is 127. The molecule has 0 spiro atoms. The van der Waals surface area contributed by atoms with Crippen LogP contribution in [0.4, 0.5) is 4.39 Å². The zero-order valence-corrected chi connectivity index (χ0v) is 19.1. The lowest BCUT2D eigenvalue weighted by Gasteiger charge is -2.19. The van der Waals surface area contributed by atoms with Gasteiger partial charge < -0.3 is 15.4 Å². The number of hydrogen-bond acceptors (Lipinski definition) is 3. The lowest BCUT2D eigenvalue weighted by molar-refractivity contribution is 0.406. The van der Waals surface area contributed by atoms with E-state index in [-0.39, 0.29) is 35.2 Å². The van der Waals surface area contributed by atoms with Crippen LogP contribution in [0, 0.1) is 19.7 Å². The Bertz CT molecular complexity index is 852. The van der Waals surface area contributed by atoms with E-state index in [0.717, 1.165) is 47.5 Å². The van der Waals surface area contributed by atoms with Gasteiger partial charge in [0.05, 0.1) is 19.3 Å². The predicted octanol–water partition coefficient (Wildman–Crippen LogP) is 3.86. The molecule has 5 nitrogen and oxygen atoms in total. The highest BCUT2D eigenvalue weighted by molar-refractivity contribution is 14.0. The SMILES string of the molecule is CN=C(NCc1ncc(C)c(OC)c1C)NCC1(c2cccc(F)c2)CC1.I. The monoisotopic (exact) mass is 498 g/mol. The maximum Gasteiger partial charge on any atom is 0.191 e. The fourth-order valence-corrected chi connectivity index (χ4v) is 3.43. The van der Waals surface area contributed by atoms with Crippen molar-refractivity contribution in [3.8, 4) is 5.75 Å². The van der Waals surface area contributed by atoms with Crippen LogP contribution in [0.1, 0.15) is 35.2 Å². The van der Waals surface area contributed by atoms with Gasteiger partial charge >= 0.3 is 0 Å². The summed E-state index contributed by atoms with van der Waals surface area (Å²) in [5.41, 5.74) is 4.02. The molecule has 0 atom stereocenters. The van der Waals surface area contributed by atoms with Crippen molar-refractivity contribution in [2.24, 2.45) is 4.99 Å². The molecule has 0 unspecified atom stereocenters. The third-order valence-corrected chi connectivity index (χ3v) is 5.28.